The van der Waals surface area contributed by atoms with Crippen molar-refractivity contribution < 1.29 is 9.53 Å². The minimum absolute atomic E-state index is 0.211. The predicted octanol–water partition coefficient (Wildman–Crippen LogP) is 3.13. The van der Waals surface area contributed by atoms with Gasteiger partial charge in [0.25, 0.3) is 5.91 Å². The summed E-state index contributed by atoms with van der Waals surface area (Å²) < 4.78 is 5.24. The molecule has 1 amide bonds. The van der Waals surface area contributed by atoms with Crippen molar-refractivity contribution in [1.29, 1.82) is 0 Å². The summed E-state index contributed by atoms with van der Waals surface area (Å²) in [5.74, 6) is 1.19. The standard InChI is InChI=1S/C16H15N3O2/c1-10-17-13-8-5-6-11(15(13)18-10)16(20)19-12-7-3-4-9-14(12)21-2/h3-9H,1-2H3,(H,17,18)(H,19,20). The highest BCUT2D eigenvalue weighted by atomic mass is 16.5. The van der Waals surface area contributed by atoms with Gasteiger partial charge in [0.2, 0.25) is 0 Å². The number of fused-ring (bicyclic) bond motifs is 1. The number of nitrogens with zero attached hydrogens (tertiary/aromatic N) is 1. The molecular formula is C16H15N3O2. The zero-order valence-corrected chi connectivity index (χ0v) is 11.8. The lowest BCUT2D eigenvalue weighted by molar-refractivity contribution is 0.102. The topological polar surface area (TPSA) is 67.0 Å². The molecule has 0 fully saturated rings. The molecule has 3 rings (SSSR count). The Labute approximate surface area is 122 Å². The third kappa shape index (κ3) is 2.45. The fourth-order valence-corrected chi connectivity index (χ4v) is 2.28. The minimum atomic E-state index is -0.211. The summed E-state index contributed by atoms with van der Waals surface area (Å²) in [4.78, 5) is 20.0. The van der Waals surface area contributed by atoms with Gasteiger partial charge in [0, 0.05) is 0 Å². The molecule has 5 nitrogen and oxygen atoms in total. The fraction of sp³-hybridized carbons (Fsp3) is 0.125. The van der Waals surface area contributed by atoms with E-state index in [-0.39, 0.29) is 5.91 Å². The molecular weight excluding hydrogens is 266 g/mol. The number of aromatic amines is 1. The van der Waals surface area contributed by atoms with Crippen molar-refractivity contribution in [2.45, 2.75) is 6.92 Å². The molecule has 2 aromatic carbocycles. The van der Waals surface area contributed by atoms with Gasteiger partial charge in [-0.2, -0.15) is 0 Å². The number of aryl methyl sites for hydroxylation is 1. The van der Waals surface area contributed by atoms with Crippen LogP contribution in [0.15, 0.2) is 42.5 Å². The predicted molar refractivity (Wildman–Crippen MR) is 81.8 cm³/mol. The second kappa shape index (κ2) is 5.28. The summed E-state index contributed by atoms with van der Waals surface area (Å²) in [6, 6.07) is 12.8. The lowest BCUT2D eigenvalue weighted by atomic mass is 10.1. The quantitative estimate of drug-likeness (QED) is 0.775. The van der Waals surface area contributed by atoms with Gasteiger partial charge in [-0.15, -0.1) is 0 Å². The number of ether oxygens (including phenoxy) is 1. The number of para-hydroxylation sites is 3. The summed E-state index contributed by atoms with van der Waals surface area (Å²) in [5.41, 5.74) is 2.68. The van der Waals surface area contributed by atoms with Crippen LogP contribution in [0.2, 0.25) is 0 Å². The molecule has 1 heterocycles. The Kier molecular flexibility index (Phi) is 3.31. The number of carbonyl (C=O) groups excluding carboxylic acids is 1. The van der Waals surface area contributed by atoms with E-state index in [4.69, 9.17) is 4.74 Å². The molecule has 0 radical (unpaired) electrons. The van der Waals surface area contributed by atoms with Crippen molar-refractivity contribution in [3.05, 3.63) is 53.9 Å². The van der Waals surface area contributed by atoms with Gasteiger partial charge >= 0.3 is 0 Å². The molecule has 0 bridgehead atoms. The number of carbonyl (C=O) groups is 1. The zero-order chi connectivity index (χ0) is 14.8. The number of anilines is 1. The van der Waals surface area contributed by atoms with E-state index in [1.165, 1.54) is 0 Å². The first-order valence-electron chi connectivity index (χ1n) is 6.59. The third-order valence-corrected chi connectivity index (χ3v) is 3.23. The van der Waals surface area contributed by atoms with Crippen molar-refractivity contribution in [3.63, 3.8) is 0 Å². The average Bonchev–Trinajstić information content (AvgIpc) is 2.87. The van der Waals surface area contributed by atoms with Crippen molar-refractivity contribution in [1.82, 2.24) is 9.97 Å². The van der Waals surface area contributed by atoms with Crippen LogP contribution >= 0.6 is 0 Å². The number of methoxy groups -OCH3 is 1. The van der Waals surface area contributed by atoms with Gasteiger partial charge in [0.15, 0.2) is 0 Å². The molecule has 2 N–H and O–H groups in total. The Morgan fingerprint density at radius 3 is 2.81 bits per heavy atom. The van der Waals surface area contributed by atoms with Gasteiger partial charge in [-0.05, 0) is 31.2 Å². The molecule has 0 aliphatic rings. The highest BCUT2D eigenvalue weighted by Gasteiger charge is 2.14. The van der Waals surface area contributed by atoms with Gasteiger partial charge in [0.1, 0.15) is 17.1 Å². The number of rotatable bonds is 3. The molecule has 0 aliphatic carbocycles. The van der Waals surface area contributed by atoms with Crippen LogP contribution in [-0.2, 0) is 0 Å². The van der Waals surface area contributed by atoms with Crippen molar-refractivity contribution >= 4 is 22.6 Å². The summed E-state index contributed by atoms with van der Waals surface area (Å²) in [7, 11) is 1.57. The van der Waals surface area contributed by atoms with Crippen LogP contribution in [0.4, 0.5) is 5.69 Å². The molecule has 0 unspecified atom stereocenters. The van der Waals surface area contributed by atoms with E-state index in [1.54, 1.807) is 25.3 Å². The van der Waals surface area contributed by atoms with Gasteiger partial charge in [-0.1, -0.05) is 18.2 Å². The average molecular weight is 281 g/mol. The van der Waals surface area contributed by atoms with Crippen LogP contribution in [0.5, 0.6) is 5.75 Å². The number of hydrogen-bond acceptors (Lipinski definition) is 3. The first-order valence-corrected chi connectivity index (χ1v) is 6.59. The van der Waals surface area contributed by atoms with E-state index >= 15 is 0 Å². The Hall–Kier alpha value is -2.82. The van der Waals surface area contributed by atoms with Crippen LogP contribution in [-0.4, -0.2) is 23.0 Å². The number of benzene rings is 2. The summed E-state index contributed by atoms with van der Waals surface area (Å²) in [5, 5.41) is 2.86. The Morgan fingerprint density at radius 1 is 1.19 bits per heavy atom. The van der Waals surface area contributed by atoms with Gasteiger partial charge < -0.3 is 15.0 Å². The SMILES string of the molecule is COc1ccccc1NC(=O)c1cccc2[nH]c(C)nc12. The first kappa shape index (κ1) is 13.2. The number of nitrogens with one attached hydrogen (secondary N) is 2. The molecule has 1 aromatic heterocycles. The maximum atomic E-state index is 12.5. The second-order valence-electron chi connectivity index (χ2n) is 4.68. The fourth-order valence-electron chi connectivity index (χ4n) is 2.28. The molecule has 3 aromatic rings. The van der Waals surface area contributed by atoms with Crippen LogP contribution in [0.3, 0.4) is 0 Å². The first-order chi connectivity index (χ1) is 10.2. The molecule has 0 spiro atoms. The normalized spacial score (nSPS) is 10.6. The van der Waals surface area contributed by atoms with Crippen molar-refractivity contribution in [3.8, 4) is 5.75 Å². The van der Waals surface area contributed by atoms with E-state index in [9.17, 15) is 4.79 Å². The lowest BCUT2D eigenvalue weighted by Crippen LogP contribution is -2.13. The molecule has 21 heavy (non-hydrogen) atoms. The van der Waals surface area contributed by atoms with Crippen molar-refractivity contribution in [2.24, 2.45) is 0 Å². The molecule has 0 atom stereocenters. The third-order valence-electron chi connectivity index (χ3n) is 3.23. The number of amides is 1. The van der Waals surface area contributed by atoms with Crippen LogP contribution in [0.25, 0.3) is 11.0 Å². The Bertz CT molecular complexity index is 808. The lowest BCUT2D eigenvalue weighted by Gasteiger charge is -2.10. The second-order valence-corrected chi connectivity index (χ2v) is 4.68. The molecule has 106 valence electrons. The van der Waals surface area contributed by atoms with E-state index in [0.717, 1.165) is 11.3 Å². The summed E-state index contributed by atoms with van der Waals surface area (Å²) in [6.07, 6.45) is 0. The highest BCUT2D eigenvalue weighted by Crippen LogP contribution is 2.25. The Balaban J connectivity index is 1.97. The minimum Gasteiger partial charge on any atom is -0.495 e. The van der Waals surface area contributed by atoms with Gasteiger partial charge in [0.05, 0.1) is 23.9 Å². The van der Waals surface area contributed by atoms with Crippen LogP contribution in [0.1, 0.15) is 16.2 Å². The smallest absolute Gasteiger partial charge is 0.258 e. The summed E-state index contributed by atoms with van der Waals surface area (Å²) in [6.45, 7) is 1.86. The Morgan fingerprint density at radius 2 is 2.00 bits per heavy atom. The molecule has 0 saturated carbocycles. The maximum Gasteiger partial charge on any atom is 0.258 e. The van der Waals surface area contributed by atoms with Crippen molar-refractivity contribution in [2.75, 3.05) is 12.4 Å². The number of aromatic nitrogens is 2. The van der Waals surface area contributed by atoms with Crippen LogP contribution < -0.4 is 10.1 Å². The monoisotopic (exact) mass is 281 g/mol. The molecule has 0 saturated heterocycles. The van der Waals surface area contributed by atoms with E-state index in [0.29, 0.717) is 22.5 Å². The number of imidazole rings is 1. The largest absolute Gasteiger partial charge is 0.495 e. The zero-order valence-electron chi connectivity index (χ0n) is 11.8. The number of H-pyrrole nitrogens is 1. The van der Waals surface area contributed by atoms with E-state index in [2.05, 4.69) is 15.3 Å². The summed E-state index contributed by atoms with van der Waals surface area (Å²) >= 11 is 0. The number of hydrogen-bond donors (Lipinski definition) is 2. The maximum absolute atomic E-state index is 12.5. The molecule has 0 aliphatic heterocycles. The van der Waals surface area contributed by atoms with E-state index < -0.39 is 0 Å². The molecule has 5 heteroatoms. The highest BCUT2D eigenvalue weighted by molar-refractivity contribution is 6.11. The van der Waals surface area contributed by atoms with E-state index in [1.807, 2.05) is 31.2 Å². The van der Waals surface area contributed by atoms with Gasteiger partial charge in [-0.25, -0.2) is 4.98 Å². The van der Waals surface area contributed by atoms with Crippen LogP contribution in [0, 0.1) is 6.92 Å². The van der Waals surface area contributed by atoms with Gasteiger partial charge in [-0.3, -0.25) is 4.79 Å².